The Morgan fingerprint density at radius 1 is 1.03 bits per heavy atom. The van der Waals surface area contributed by atoms with Crippen molar-refractivity contribution in [1.29, 1.82) is 0 Å². The summed E-state index contributed by atoms with van der Waals surface area (Å²) >= 11 is 5.63. The molecule has 0 aromatic heterocycles. The Balaban J connectivity index is 1.55. The minimum Gasteiger partial charge on any atom is -0.482 e. The number of halogens is 4. The van der Waals surface area contributed by atoms with Crippen LogP contribution < -0.4 is 15.4 Å². The van der Waals surface area contributed by atoms with Crippen LogP contribution in [0.3, 0.4) is 0 Å². The minimum absolute atomic E-state index is 0.0514. The van der Waals surface area contributed by atoms with Gasteiger partial charge >= 0.3 is 6.18 Å². The number of nitrogens with one attached hydrogen (secondary N) is 2. The zero-order valence-corrected chi connectivity index (χ0v) is 18.1. The lowest BCUT2D eigenvalue weighted by Crippen LogP contribution is -2.26. The molecule has 174 valence electrons. The molecule has 3 aromatic carbocycles. The van der Waals surface area contributed by atoms with E-state index in [1.54, 1.807) is 18.2 Å². The van der Waals surface area contributed by atoms with E-state index in [1.807, 2.05) is 0 Å². The lowest BCUT2D eigenvalue weighted by atomic mass is 9.97. The van der Waals surface area contributed by atoms with Crippen LogP contribution in [0.25, 0.3) is 0 Å². The third kappa shape index (κ3) is 4.89. The number of ether oxygens (including phenoxy) is 1. The average molecular weight is 489 g/mol. The predicted octanol–water partition coefficient (Wildman–Crippen LogP) is 4.85. The molecule has 34 heavy (non-hydrogen) atoms. The molecule has 2 amide bonds. The fourth-order valence-corrected chi connectivity index (χ4v) is 3.66. The first kappa shape index (κ1) is 23.3. The largest absolute Gasteiger partial charge is 0.482 e. The number of hydrogen-bond acceptors (Lipinski definition) is 4. The molecule has 0 radical (unpaired) electrons. The van der Waals surface area contributed by atoms with E-state index >= 15 is 0 Å². The Morgan fingerprint density at radius 2 is 1.76 bits per heavy atom. The molecule has 3 aromatic rings. The summed E-state index contributed by atoms with van der Waals surface area (Å²) in [5, 5.41) is 4.71. The van der Waals surface area contributed by atoms with Crippen molar-refractivity contribution in [2.75, 3.05) is 11.9 Å². The number of benzene rings is 3. The Labute approximate surface area is 196 Å². The highest BCUT2D eigenvalue weighted by Gasteiger charge is 2.33. The molecular formula is C24H16ClF3N2O4. The SMILES string of the molecule is O=C1COc2ccc(C(=O)c3ccccc3C(=O)NCc3ccc(Cl)c(C(F)(F)F)c3)cc2N1. The van der Waals surface area contributed by atoms with Gasteiger partial charge in [-0.15, -0.1) is 0 Å². The molecule has 1 aliphatic rings. The summed E-state index contributed by atoms with van der Waals surface area (Å²) in [6.45, 7) is -0.328. The molecule has 0 unspecified atom stereocenters. The normalized spacial score (nSPS) is 12.9. The molecular weight excluding hydrogens is 473 g/mol. The molecule has 0 bridgehead atoms. The maximum absolute atomic E-state index is 13.1. The van der Waals surface area contributed by atoms with Crippen LogP contribution in [-0.2, 0) is 17.5 Å². The van der Waals surface area contributed by atoms with E-state index in [4.69, 9.17) is 16.3 Å². The van der Waals surface area contributed by atoms with E-state index in [1.165, 1.54) is 30.3 Å². The average Bonchev–Trinajstić information content (AvgIpc) is 2.81. The number of hydrogen-bond donors (Lipinski definition) is 2. The maximum atomic E-state index is 13.1. The van der Waals surface area contributed by atoms with Crippen LogP contribution in [0, 0.1) is 0 Å². The van der Waals surface area contributed by atoms with Gasteiger partial charge in [0.2, 0.25) is 0 Å². The molecule has 0 saturated heterocycles. The molecule has 0 saturated carbocycles. The Bertz CT molecular complexity index is 1310. The van der Waals surface area contributed by atoms with Crippen LogP contribution in [0.2, 0.25) is 5.02 Å². The van der Waals surface area contributed by atoms with Crippen LogP contribution in [0.5, 0.6) is 5.75 Å². The second kappa shape index (κ2) is 9.18. The first-order chi connectivity index (χ1) is 16.1. The van der Waals surface area contributed by atoms with Gasteiger partial charge in [0.15, 0.2) is 12.4 Å². The van der Waals surface area contributed by atoms with Crippen LogP contribution in [-0.4, -0.2) is 24.2 Å². The topological polar surface area (TPSA) is 84.5 Å². The van der Waals surface area contributed by atoms with Crippen molar-refractivity contribution in [3.05, 3.63) is 93.5 Å². The molecule has 0 aliphatic carbocycles. The minimum atomic E-state index is -4.63. The quantitative estimate of drug-likeness (QED) is 0.503. The Hall–Kier alpha value is -3.85. The van der Waals surface area contributed by atoms with Gasteiger partial charge in [-0.1, -0.05) is 35.9 Å². The fraction of sp³-hybridized carbons (Fsp3) is 0.125. The summed E-state index contributed by atoms with van der Waals surface area (Å²) in [7, 11) is 0. The number of amides is 2. The van der Waals surface area contributed by atoms with Gasteiger partial charge in [0.25, 0.3) is 11.8 Å². The van der Waals surface area contributed by atoms with E-state index in [2.05, 4.69) is 10.6 Å². The molecule has 1 heterocycles. The third-order valence-corrected chi connectivity index (χ3v) is 5.41. The van der Waals surface area contributed by atoms with Crippen molar-refractivity contribution in [2.24, 2.45) is 0 Å². The molecule has 6 nitrogen and oxygen atoms in total. The van der Waals surface area contributed by atoms with Crippen LogP contribution in [0.15, 0.2) is 60.7 Å². The smallest absolute Gasteiger partial charge is 0.417 e. The van der Waals surface area contributed by atoms with Crippen molar-refractivity contribution in [1.82, 2.24) is 5.32 Å². The summed E-state index contributed by atoms with van der Waals surface area (Å²) in [4.78, 5) is 37.5. The molecule has 0 atom stereocenters. The molecule has 1 aliphatic heterocycles. The number of fused-ring (bicyclic) bond motifs is 1. The molecule has 0 spiro atoms. The molecule has 0 fully saturated rings. The van der Waals surface area contributed by atoms with Crippen LogP contribution in [0.4, 0.5) is 18.9 Å². The highest BCUT2D eigenvalue weighted by Crippen LogP contribution is 2.35. The van der Waals surface area contributed by atoms with Gasteiger partial charge in [-0.05, 0) is 42.0 Å². The number of carbonyl (C=O) groups is 3. The van der Waals surface area contributed by atoms with Crippen molar-refractivity contribution in [3.8, 4) is 5.75 Å². The molecule has 4 rings (SSSR count). The van der Waals surface area contributed by atoms with Crippen molar-refractivity contribution < 1.29 is 32.3 Å². The number of anilines is 1. The summed E-state index contributed by atoms with van der Waals surface area (Å²) in [5.41, 5.74) is -0.102. The van der Waals surface area contributed by atoms with Gasteiger partial charge in [-0.25, -0.2) is 0 Å². The van der Waals surface area contributed by atoms with Crippen LogP contribution >= 0.6 is 11.6 Å². The van der Waals surface area contributed by atoms with E-state index in [-0.39, 0.29) is 41.3 Å². The molecule has 2 N–H and O–H groups in total. The Kier molecular flexibility index (Phi) is 6.30. The van der Waals surface area contributed by atoms with Gasteiger partial charge in [-0.3, -0.25) is 14.4 Å². The highest BCUT2D eigenvalue weighted by molar-refractivity contribution is 6.31. The third-order valence-electron chi connectivity index (χ3n) is 5.08. The van der Waals surface area contributed by atoms with E-state index in [0.29, 0.717) is 11.4 Å². The first-order valence-corrected chi connectivity index (χ1v) is 10.4. The van der Waals surface area contributed by atoms with Crippen molar-refractivity contribution >= 4 is 34.9 Å². The second-order valence-electron chi connectivity index (χ2n) is 7.42. The zero-order chi connectivity index (χ0) is 24.5. The lowest BCUT2D eigenvalue weighted by Gasteiger charge is -2.18. The van der Waals surface area contributed by atoms with Crippen LogP contribution in [0.1, 0.15) is 37.4 Å². The zero-order valence-electron chi connectivity index (χ0n) is 17.3. The maximum Gasteiger partial charge on any atom is 0.417 e. The Morgan fingerprint density at radius 3 is 2.50 bits per heavy atom. The predicted molar refractivity (Wildman–Crippen MR) is 118 cm³/mol. The summed E-state index contributed by atoms with van der Waals surface area (Å²) in [6.07, 6.45) is -4.63. The monoisotopic (exact) mass is 488 g/mol. The number of rotatable bonds is 5. The standard InChI is InChI=1S/C24H16ClF3N2O4/c25-18-7-5-13(9-17(18)24(26,27)28)11-29-23(33)16-4-2-1-3-15(16)22(32)14-6-8-20-19(10-14)30-21(31)12-34-20/h1-10H,11-12H2,(H,29,33)(H,30,31). The number of carbonyl (C=O) groups excluding carboxylic acids is 3. The van der Waals surface area contributed by atoms with Gasteiger partial charge in [0.05, 0.1) is 21.8 Å². The van der Waals surface area contributed by atoms with Gasteiger partial charge in [0, 0.05) is 17.7 Å². The van der Waals surface area contributed by atoms with Gasteiger partial charge in [-0.2, -0.15) is 13.2 Å². The lowest BCUT2D eigenvalue weighted by molar-refractivity contribution is -0.137. The molecule has 10 heteroatoms. The summed E-state index contributed by atoms with van der Waals surface area (Å²) < 4.78 is 44.5. The fourth-order valence-electron chi connectivity index (χ4n) is 3.44. The second-order valence-corrected chi connectivity index (χ2v) is 7.82. The number of ketones is 1. The first-order valence-electron chi connectivity index (χ1n) is 9.98. The van der Waals surface area contributed by atoms with Crippen molar-refractivity contribution in [3.63, 3.8) is 0 Å². The summed E-state index contributed by atoms with van der Waals surface area (Å²) in [6, 6.07) is 13.9. The van der Waals surface area contributed by atoms with Crippen molar-refractivity contribution in [2.45, 2.75) is 12.7 Å². The van der Waals surface area contributed by atoms with E-state index < -0.39 is 28.5 Å². The van der Waals surface area contributed by atoms with Gasteiger partial charge < -0.3 is 15.4 Å². The summed E-state index contributed by atoms with van der Waals surface area (Å²) in [5.74, 6) is -1.04. The van der Waals surface area contributed by atoms with E-state index in [9.17, 15) is 27.6 Å². The number of alkyl halides is 3. The van der Waals surface area contributed by atoms with Gasteiger partial charge in [0.1, 0.15) is 5.75 Å². The highest BCUT2D eigenvalue weighted by atomic mass is 35.5. The van der Waals surface area contributed by atoms with E-state index in [0.717, 1.165) is 12.1 Å².